The Morgan fingerprint density at radius 3 is 2.59 bits per heavy atom. The highest BCUT2D eigenvalue weighted by atomic mass is 19.1. The first-order valence-electron chi connectivity index (χ1n) is 6.17. The summed E-state index contributed by atoms with van der Waals surface area (Å²) in [5, 5.41) is 9.44. The molecule has 1 aliphatic heterocycles. The zero-order valence-electron chi connectivity index (χ0n) is 10.5. The van der Waals surface area contributed by atoms with E-state index >= 15 is 0 Å². The van der Waals surface area contributed by atoms with Gasteiger partial charge in [0.1, 0.15) is 11.4 Å². The van der Waals surface area contributed by atoms with Crippen molar-refractivity contribution in [1.82, 2.24) is 4.90 Å². The van der Waals surface area contributed by atoms with E-state index in [4.69, 9.17) is 0 Å². The third kappa shape index (κ3) is 2.60. The molecular formula is C14H20FNO. The average Bonchev–Trinajstić information content (AvgIpc) is 2.29. The quantitative estimate of drug-likeness (QED) is 0.855. The van der Waals surface area contributed by atoms with Crippen molar-refractivity contribution in [3.63, 3.8) is 0 Å². The number of piperidine rings is 1. The third-order valence-corrected chi connectivity index (χ3v) is 3.90. The van der Waals surface area contributed by atoms with Gasteiger partial charge >= 0.3 is 0 Å². The van der Waals surface area contributed by atoms with Gasteiger partial charge in [0.2, 0.25) is 0 Å². The van der Waals surface area contributed by atoms with Crippen LogP contribution in [0.25, 0.3) is 0 Å². The van der Waals surface area contributed by atoms with Crippen LogP contribution in [0.2, 0.25) is 0 Å². The molecule has 1 heterocycles. The van der Waals surface area contributed by atoms with E-state index in [0.29, 0.717) is 5.56 Å². The maximum absolute atomic E-state index is 14.9. The van der Waals surface area contributed by atoms with Crippen LogP contribution >= 0.6 is 0 Å². The van der Waals surface area contributed by atoms with Gasteiger partial charge in [0, 0.05) is 0 Å². The number of nitrogens with zero attached hydrogens (tertiary/aromatic N) is 1. The van der Waals surface area contributed by atoms with E-state index in [0.717, 1.165) is 25.9 Å². The lowest BCUT2D eigenvalue weighted by atomic mass is 9.79. The Kier molecular flexibility index (Phi) is 3.38. The summed E-state index contributed by atoms with van der Waals surface area (Å²) in [6, 6.07) is 6.59. The Labute approximate surface area is 102 Å². The molecule has 3 heteroatoms. The first-order chi connectivity index (χ1) is 8.00. The van der Waals surface area contributed by atoms with E-state index in [1.807, 2.05) is 0 Å². The van der Waals surface area contributed by atoms with Crippen LogP contribution in [-0.4, -0.2) is 30.1 Å². The van der Waals surface area contributed by atoms with Gasteiger partial charge in [-0.2, -0.15) is 0 Å². The monoisotopic (exact) mass is 237 g/mol. The molecule has 1 fully saturated rings. The highest BCUT2D eigenvalue weighted by molar-refractivity contribution is 5.31. The molecule has 1 aromatic rings. The van der Waals surface area contributed by atoms with E-state index in [1.54, 1.807) is 31.2 Å². The van der Waals surface area contributed by atoms with Crippen LogP contribution in [0.1, 0.15) is 25.3 Å². The number of benzene rings is 1. The molecule has 0 spiro atoms. The molecule has 2 rings (SSSR count). The second-order valence-electron chi connectivity index (χ2n) is 5.20. The van der Waals surface area contributed by atoms with Crippen LogP contribution < -0.4 is 0 Å². The molecule has 1 aromatic carbocycles. The van der Waals surface area contributed by atoms with Crippen LogP contribution in [0.3, 0.4) is 0 Å². The second-order valence-corrected chi connectivity index (χ2v) is 5.20. The molecule has 0 aromatic heterocycles. The Morgan fingerprint density at radius 1 is 1.35 bits per heavy atom. The summed E-state index contributed by atoms with van der Waals surface area (Å²) in [6.07, 6.45) is 1.75. The maximum Gasteiger partial charge on any atom is 0.136 e. The van der Waals surface area contributed by atoms with Crippen LogP contribution in [0.15, 0.2) is 24.3 Å². The smallest absolute Gasteiger partial charge is 0.136 e. The van der Waals surface area contributed by atoms with E-state index in [2.05, 4.69) is 11.9 Å². The van der Waals surface area contributed by atoms with Gasteiger partial charge in [-0.25, -0.2) is 4.39 Å². The largest absolute Gasteiger partial charge is 0.508 e. The van der Waals surface area contributed by atoms with E-state index in [9.17, 15) is 9.50 Å². The Bertz CT molecular complexity index is 384. The maximum atomic E-state index is 14.9. The molecule has 0 bridgehead atoms. The lowest BCUT2D eigenvalue weighted by Crippen LogP contribution is -2.38. The Hall–Kier alpha value is -1.09. The summed E-state index contributed by atoms with van der Waals surface area (Å²) in [5.74, 6) is 0.180. The molecule has 2 nitrogen and oxygen atoms in total. The normalized spacial score (nSPS) is 22.3. The van der Waals surface area contributed by atoms with Crippen molar-refractivity contribution in [1.29, 1.82) is 0 Å². The summed E-state index contributed by atoms with van der Waals surface area (Å²) in [7, 11) is 2.07. The molecule has 0 radical (unpaired) electrons. The third-order valence-electron chi connectivity index (χ3n) is 3.90. The predicted molar refractivity (Wildman–Crippen MR) is 66.8 cm³/mol. The summed E-state index contributed by atoms with van der Waals surface area (Å²) < 4.78 is 14.9. The Morgan fingerprint density at radius 2 is 2.00 bits per heavy atom. The molecule has 0 amide bonds. The van der Waals surface area contributed by atoms with Crippen molar-refractivity contribution < 1.29 is 9.50 Å². The zero-order chi connectivity index (χ0) is 12.5. The van der Waals surface area contributed by atoms with Crippen LogP contribution in [0.4, 0.5) is 4.39 Å². The SMILES string of the molecule is CN1CCC(C(C)(F)c2cccc(O)c2)CC1. The van der Waals surface area contributed by atoms with E-state index in [-0.39, 0.29) is 11.7 Å². The minimum Gasteiger partial charge on any atom is -0.508 e. The number of likely N-dealkylation sites (tertiary alicyclic amines) is 1. The summed E-state index contributed by atoms with van der Waals surface area (Å²) in [5.41, 5.74) is -0.757. The van der Waals surface area contributed by atoms with Crippen molar-refractivity contribution in [2.75, 3.05) is 20.1 Å². The number of hydrogen-bond acceptors (Lipinski definition) is 2. The number of alkyl halides is 1. The minimum atomic E-state index is -1.35. The molecule has 1 aliphatic rings. The van der Waals surface area contributed by atoms with Crippen molar-refractivity contribution >= 4 is 0 Å². The fourth-order valence-corrected chi connectivity index (χ4v) is 2.60. The van der Waals surface area contributed by atoms with E-state index in [1.165, 1.54) is 0 Å². The topological polar surface area (TPSA) is 23.5 Å². The number of halogens is 1. The highest BCUT2D eigenvalue weighted by Gasteiger charge is 2.37. The minimum absolute atomic E-state index is 0.0421. The van der Waals surface area contributed by atoms with Gasteiger partial charge in [-0.15, -0.1) is 0 Å². The number of hydrogen-bond donors (Lipinski definition) is 1. The van der Waals surface area contributed by atoms with Crippen molar-refractivity contribution in [2.45, 2.75) is 25.4 Å². The molecule has 17 heavy (non-hydrogen) atoms. The number of aromatic hydroxyl groups is 1. The van der Waals surface area contributed by atoms with E-state index < -0.39 is 5.67 Å². The molecule has 1 atom stereocenters. The molecule has 94 valence electrons. The van der Waals surface area contributed by atoms with Crippen LogP contribution in [0.5, 0.6) is 5.75 Å². The summed E-state index contributed by atoms with van der Waals surface area (Å²) in [6.45, 7) is 3.53. The van der Waals surface area contributed by atoms with Gasteiger partial charge in [0.25, 0.3) is 0 Å². The number of phenolic OH excluding ortho intramolecular Hbond substituents is 1. The van der Waals surface area contributed by atoms with Gasteiger partial charge in [-0.3, -0.25) is 0 Å². The highest BCUT2D eigenvalue weighted by Crippen LogP contribution is 2.40. The first kappa shape index (κ1) is 12.4. The number of rotatable bonds is 2. The predicted octanol–water partition coefficient (Wildman–Crippen LogP) is 2.92. The zero-order valence-corrected chi connectivity index (χ0v) is 10.5. The summed E-state index contributed by atoms with van der Waals surface area (Å²) >= 11 is 0. The van der Waals surface area contributed by atoms with Gasteiger partial charge < -0.3 is 10.0 Å². The molecule has 0 aliphatic carbocycles. The fraction of sp³-hybridized carbons (Fsp3) is 0.571. The van der Waals surface area contributed by atoms with Crippen molar-refractivity contribution in [3.05, 3.63) is 29.8 Å². The first-order valence-corrected chi connectivity index (χ1v) is 6.17. The lowest BCUT2D eigenvalue weighted by molar-refractivity contribution is 0.0521. The lowest BCUT2D eigenvalue weighted by Gasteiger charge is -2.37. The summed E-state index contributed by atoms with van der Waals surface area (Å²) in [4.78, 5) is 2.23. The van der Waals surface area contributed by atoms with Gasteiger partial charge in [-0.1, -0.05) is 12.1 Å². The Balaban J connectivity index is 2.18. The molecule has 0 saturated carbocycles. The van der Waals surface area contributed by atoms with Crippen LogP contribution in [-0.2, 0) is 5.67 Å². The van der Waals surface area contributed by atoms with Crippen molar-refractivity contribution in [2.24, 2.45) is 5.92 Å². The molecular weight excluding hydrogens is 217 g/mol. The van der Waals surface area contributed by atoms with Gasteiger partial charge in [0.15, 0.2) is 0 Å². The molecule has 1 unspecified atom stereocenters. The molecule has 1 N–H and O–H groups in total. The molecule has 1 saturated heterocycles. The standard InChI is InChI=1S/C14H20FNO/c1-14(15,11-6-8-16(2)9-7-11)12-4-3-5-13(17)10-12/h3-5,10-11,17H,6-9H2,1-2H3. The fourth-order valence-electron chi connectivity index (χ4n) is 2.60. The van der Waals surface area contributed by atoms with Gasteiger partial charge in [-0.05, 0) is 63.5 Å². The second kappa shape index (κ2) is 4.65. The average molecular weight is 237 g/mol. The van der Waals surface area contributed by atoms with Gasteiger partial charge in [0.05, 0.1) is 0 Å². The number of phenols is 1. The van der Waals surface area contributed by atoms with Crippen molar-refractivity contribution in [3.8, 4) is 5.75 Å². The van der Waals surface area contributed by atoms with Crippen LogP contribution in [0, 0.1) is 5.92 Å².